The minimum atomic E-state index is -0.711. The average molecular weight is 421 g/mol. The molecule has 0 fully saturated rings. The van der Waals surface area contributed by atoms with Crippen LogP contribution in [-0.4, -0.2) is 30.9 Å². The molecule has 6 nitrogen and oxygen atoms in total. The maximum Gasteiger partial charge on any atom is 0.350 e. The number of carbonyl (C=O) groups excluding carboxylic acids is 3. The fourth-order valence-electron chi connectivity index (χ4n) is 2.31. The summed E-state index contributed by atoms with van der Waals surface area (Å²) < 4.78 is 18.6. The number of hydrogen-bond donors (Lipinski definition) is 2. The van der Waals surface area contributed by atoms with E-state index in [1.807, 2.05) is 12.1 Å². The van der Waals surface area contributed by atoms with Crippen LogP contribution in [0.1, 0.15) is 9.67 Å². The van der Waals surface area contributed by atoms with Crippen LogP contribution in [-0.2, 0) is 14.3 Å². The van der Waals surface area contributed by atoms with Gasteiger partial charge in [0.15, 0.2) is 6.61 Å². The molecule has 28 heavy (non-hydrogen) atoms. The molecule has 144 valence electrons. The molecule has 0 aliphatic carbocycles. The zero-order chi connectivity index (χ0) is 20.1. The average Bonchev–Trinajstić information content (AvgIpc) is 3.03. The van der Waals surface area contributed by atoms with Crippen molar-refractivity contribution in [2.75, 3.05) is 18.5 Å². The van der Waals surface area contributed by atoms with Gasteiger partial charge in [-0.25, -0.2) is 9.18 Å². The maximum atomic E-state index is 12.8. The second-order valence-electron chi connectivity index (χ2n) is 5.65. The highest BCUT2D eigenvalue weighted by atomic mass is 35.5. The molecule has 0 bridgehead atoms. The lowest BCUT2D eigenvalue weighted by Gasteiger charge is -2.07. The Labute approximate surface area is 168 Å². The molecule has 0 saturated carbocycles. The largest absolute Gasteiger partial charge is 0.451 e. The van der Waals surface area contributed by atoms with E-state index in [0.717, 1.165) is 10.1 Å². The Hall–Kier alpha value is -2.97. The van der Waals surface area contributed by atoms with Crippen LogP contribution in [0, 0.1) is 5.82 Å². The minimum absolute atomic E-state index is 0.213. The van der Waals surface area contributed by atoms with Crippen molar-refractivity contribution in [2.24, 2.45) is 0 Å². The Balaban J connectivity index is 1.47. The van der Waals surface area contributed by atoms with Crippen molar-refractivity contribution in [1.29, 1.82) is 0 Å². The van der Waals surface area contributed by atoms with Gasteiger partial charge in [0.05, 0.1) is 11.6 Å². The molecule has 2 amide bonds. The predicted octanol–water partition coefficient (Wildman–Crippen LogP) is 3.61. The van der Waals surface area contributed by atoms with Crippen LogP contribution in [0.2, 0.25) is 5.02 Å². The van der Waals surface area contributed by atoms with Gasteiger partial charge in [-0.2, -0.15) is 0 Å². The van der Waals surface area contributed by atoms with Crippen LogP contribution in [0.4, 0.5) is 10.1 Å². The van der Waals surface area contributed by atoms with Crippen LogP contribution in [0.25, 0.3) is 10.1 Å². The van der Waals surface area contributed by atoms with Gasteiger partial charge in [0, 0.05) is 15.8 Å². The number of carbonyl (C=O) groups is 3. The van der Waals surface area contributed by atoms with Crippen molar-refractivity contribution in [3.8, 4) is 0 Å². The molecule has 0 aliphatic heterocycles. The van der Waals surface area contributed by atoms with Gasteiger partial charge in [-0.3, -0.25) is 9.59 Å². The van der Waals surface area contributed by atoms with Crippen molar-refractivity contribution in [3.63, 3.8) is 0 Å². The SMILES string of the molecule is O=C(COC(=O)c1sc2ccccc2c1Cl)NCC(=O)Nc1ccc(F)cc1. The molecular formula is C19H14ClFN2O4S. The number of amides is 2. The van der Waals surface area contributed by atoms with Gasteiger partial charge >= 0.3 is 5.97 Å². The van der Waals surface area contributed by atoms with E-state index in [2.05, 4.69) is 10.6 Å². The molecule has 0 atom stereocenters. The molecule has 0 saturated heterocycles. The fraction of sp³-hybridized carbons (Fsp3) is 0.105. The Kier molecular flexibility index (Phi) is 6.23. The van der Waals surface area contributed by atoms with Crippen LogP contribution < -0.4 is 10.6 Å². The molecule has 0 unspecified atom stereocenters. The molecule has 3 aromatic rings. The summed E-state index contributed by atoms with van der Waals surface area (Å²) in [6.45, 7) is -0.870. The number of esters is 1. The van der Waals surface area contributed by atoms with Crippen LogP contribution in [0.3, 0.4) is 0 Å². The van der Waals surface area contributed by atoms with E-state index >= 15 is 0 Å². The number of halogens is 2. The first-order valence-electron chi connectivity index (χ1n) is 8.10. The number of nitrogens with one attached hydrogen (secondary N) is 2. The summed E-state index contributed by atoms with van der Waals surface area (Å²) in [6.07, 6.45) is 0. The minimum Gasteiger partial charge on any atom is -0.451 e. The van der Waals surface area contributed by atoms with E-state index in [1.54, 1.807) is 12.1 Å². The fourth-order valence-corrected chi connectivity index (χ4v) is 3.71. The maximum absolute atomic E-state index is 12.8. The highest BCUT2D eigenvalue weighted by molar-refractivity contribution is 7.21. The third-order valence-corrected chi connectivity index (χ3v) is 5.28. The Morgan fingerprint density at radius 1 is 1.04 bits per heavy atom. The van der Waals surface area contributed by atoms with Crippen molar-refractivity contribution in [1.82, 2.24) is 5.32 Å². The van der Waals surface area contributed by atoms with Crippen LogP contribution in [0.5, 0.6) is 0 Å². The zero-order valence-corrected chi connectivity index (χ0v) is 15.9. The third-order valence-electron chi connectivity index (χ3n) is 3.63. The van der Waals surface area contributed by atoms with Crippen molar-refractivity contribution in [3.05, 3.63) is 64.2 Å². The topological polar surface area (TPSA) is 84.5 Å². The van der Waals surface area contributed by atoms with Crippen LogP contribution >= 0.6 is 22.9 Å². The summed E-state index contributed by atoms with van der Waals surface area (Å²) in [5.74, 6) is -2.28. The number of fused-ring (bicyclic) bond motifs is 1. The van der Waals surface area contributed by atoms with Gasteiger partial charge in [-0.1, -0.05) is 29.8 Å². The quantitative estimate of drug-likeness (QED) is 0.597. The number of anilines is 1. The number of thiophene rings is 1. The van der Waals surface area contributed by atoms with E-state index in [9.17, 15) is 18.8 Å². The summed E-state index contributed by atoms with van der Waals surface area (Å²) in [6, 6.07) is 12.4. The molecule has 0 aliphatic rings. The molecule has 0 radical (unpaired) electrons. The van der Waals surface area contributed by atoms with Gasteiger partial charge in [0.25, 0.3) is 5.91 Å². The smallest absolute Gasteiger partial charge is 0.350 e. The van der Waals surface area contributed by atoms with Crippen molar-refractivity contribution >= 4 is 56.5 Å². The summed E-state index contributed by atoms with van der Waals surface area (Å²) >= 11 is 7.36. The molecule has 1 aromatic heterocycles. The Morgan fingerprint density at radius 3 is 2.46 bits per heavy atom. The number of hydrogen-bond acceptors (Lipinski definition) is 5. The van der Waals surface area contributed by atoms with Gasteiger partial charge < -0.3 is 15.4 Å². The van der Waals surface area contributed by atoms with Gasteiger partial charge in [0.2, 0.25) is 5.91 Å². The molecule has 3 rings (SSSR count). The summed E-state index contributed by atoms with van der Waals surface area (Å²) in [5.41, 5.74) is 0.395. The molecule has 2 N–H and O–H groups in total. The van der Waals surface area contributed by atoms with E-state index in [1.165, 1.54) is 35.6 Å². The second-order valence-corrected chi connectivity index (χ2v) is 7.08. The highest BCUT2D eigenvalue weighted by Gasteiger charge is 2.19. The molecule has 1 heterocycles. The summed E-state index contributed by atoms with van der Waals surface area (Å²) in [7, 11) is 0. The Morgan fingerprint density at radius 2 is 1.75 bits per heavy atom. The van der Waals surface area contributed by atoms with Crippen LogP contribution in [0.15, 0.2) is 48.5 Å². The lowest BCUT2D eigenvalue weighted by atomic mass is 10.2. The first-order chi connectivity index (χ1) is 13.4. The lowest BCUT2D eigenvalue weighted by molar-refractivity contribution is -0.126. The van der Waals surface area contributed by atoms with E-state index < -0.39 is 30.2 Å². The number of ether oxygens (including phenoxy) is 1. The summed E-state index contributed by atoms with van der Waals surface area (Å²) in [4.78, 5) is 35.9. The molecule has 2 aromatic carbocycles. The van der Waals surface area contributed by atoms with E-state index in [4.69, 9.17) is 16.3 Å². The Bertz CT molecular complexity index is 1040. The lowest BCUT2D eigenvalue weighted by Crippen LogP contribution is -2.35. The first-order valence-corrected chi connectivity index (χ1v) is 9.30. The zero-order valence-electron chi connectivity index (χ0n) is 14.3. The standard InChI is InChI=1S/C19H14ClFN2O4S/c20-17-13-3-1-2-4-14(13)28-18(17)19(26)27-10-16(25)22-9-15(24)23-12-7-5-11(21)6-8-12/h1-8H,9-10H2,(H,22,25)(H,23,24). The third kappa shape index (κ3) is 4.85. The van der Waals surface area contributed by atoms with Crippen molar-refractivity contribution < 1.29 is 23.5 Å². The van der Waals surface area contributed by atoms with E-state index in [-0.39, 0.29) is 16.4 Å². The van der Waals surface area contributed by atoms with Gasteiger partial charge in [0.1, 0.15) is 10.7 Å². The normalized spacial score (nSPS) is 10.5. The van der Waals surface area contributed by atoms with Crippen molar-refractivity contribution in [2.45, 2.75) is 0 Å². The second kappa shape index (κ2) is 8.81. The monoisotopic (exact) mass is 420 g/mol. The van der Waals surface area contributed by atoms with Gasteiger partial charge in [-0.05, 0) is 30.3 Å². The van der Waals surface area contributed by atoms with E-state index in [0.29, 0.717) is 5.69 Å². The summed E-state index contributed by atoms with van der Waals surface area (Å²) in [5, 5.41) is 5.84. The highest BCUT2D eigenvalue weighted by Crippen LogP contribution is 2.35. The number of benzene rings is 2. The van der Waals surface area contributed by atoms with Gasteiger partial charge in [-0.15, -0.1) is 11.3 Å². The molecular weight excluding hydrogens is 407 g/mol. The predicted molar refractivity (Wildman–Crippen MR) is 105 cm³/mol. The molecule has 9 heteroatoms. The number of rotatable bonds is 6. The molecule has 0 spiro atoms. The first kappa shape index (κ1) is 19.8.